The molecule has 3 aromatic rings. The van der Waals surface area contributed by atoms with Crippen LogP contribution in [-0.2, 0) is 17.9 Å². The summed E-state index contributed by atoms with van der Waals surface area (Å²) in [5.74, 6) is -0.0944. The van der Waals surface area contributed by atoms with Crippen molar-refractivity contribution in [1.29, 1.82) is 0 Å². The number of halogens is 2. The zero-order valence-corrected chi connectivity index (χ0v) is 17.4. The van der Waals surface area contributed by atoms with Gasteiger partial charge in [-0.1, -0.05) is 41.4 Å². The Labute approximate surface area is 184 Å². The highest BCUT2D eigenvalue weighted by Crippen LogP contribution is 2.20. The number of hydrogen-bond donors (Lipinski definition) is 2. The number of pyridine rings is 1. The fourth-order valence-corrected chi connectivity index (χ4v) is 3.07. The molecule has 6 nitrogen and oxygen atoms in total. The summed E-state index contributed by atoms with van der Waals surface area (Å²) in [7, 11) is 0. The zero-order chi connectivity index (χ0) is 21.3. The molecule has 0 atom stereocenters. The predicted octanol–water partition coefficient (Wildman–Crippen LogP) is 4.01. The van der Waals surface area contributed by atoms with Gasteiger partial charge in [0.05, 0.1) is 22.8 Å². The zero-order valence-electron chi connectivity index (χ0n) is 15.9. The Kier molecular flexibility index (Phi) is 7.65. The summed E-state index contributed by atoms with van der Waals surface area (Å²) in [6.07, 6.45) is 1.71. The first-order valence-electron chi connectivity index (χ1n) is 9.13. The summed E-state index contributed by atoms with van der Waals surface area (Å²) in [5.41, 5.74) is 1.95. The Bertz CT molecular complexity index is 1030. The molecule has 0 aliphatic rings. The van der Waals surface area contributed by atoms with Crippen molar-refractivity contribution < 1.29 is 14.3 Å². The van der Waals surface area contributed by atoms with Gasteiger partial charge in [-0.3, -0.25) is 14.6 Å². The van der Waals surface area contributed by atoms with Crippen LogP contribution in [0.1, 0.15) is 21.6 Å². The maximum Gasteiger partial charge on any atom is 0.253 e. The number of nitrogens with zero attached hydrogens (tertiary/aromatic N) is 1. The molecule has 30 heavy (non-hydrogen) atoms. The highest BCUT2D eigenvalue weighted by atomic mass is 35.5. The molecule has 0 saturated carbocycles. The van der Waals surface area contributed by atoms with Gasteiger partial charge in [0.15, 0.2) is 0 Å². The normalized spacial score (nSPS) is 10.3. The van der Waals surface area contributed by atoms with Crippen LogP contribution < -0.4 is 15.4 Å². The Balaban J connectivity index is 1.45. The van der Waals surface area contributed by atoms with Crippen LogP contribution in [0.15, 0.2) is 66.9 Å². The van der Waals surface area contributed by atoms with E-state index < -0.39 is 5.91 Å². The van der Waals surface area contributed by atoms with E-state index >= 15 is 0 Å². The fourth-order valence-electron chi connectivity index (χ4n) is 2.58. The summed E-state index contributed by atoms with van der Waals surface area (Å²) in [6.45, 7) is 0.487. The van der Waals surface area contributed by atoms with Crippen LogP contribution in [-0.4, -0.2) is 23.3 Å². The van der Waals surface area contributed by atoms with Crippen LogP contribution in [0.3, 0.4) is 0 Å². The molecule has 0 saturated heterocycles. The Hall–Kier alpha value is -3.09. The molecule has 0 radical (unpaired) electrons. The average Bonchev–Trinajstić information content (AvgIpc) is 2.75. The van der Waals surface area contributed by atoms with E-state index in [0.717, 1.165) is 11.3 Å². The smallest absolute Gasteiger partial charge is 0.253 e. The van der Waals surface area contributed by atoms with Gasteiger partial charge in [0.1, 0.15) is 12.4 Å². The average molecular weight is 444 g/mol. The van der Waals surface area contributed by atoms with Gasteiger partial charge in [-0.25, -0.2) is 0 Å². The molecule has 1 heterocycles. The van der Waals surface area contributed by atoms with E-state index in [1.54, 1.807) is 12.3 Å². The standard InChI is InChI=1S/C22H19Cl2N3O3/c23-16-7-8-19(20(24)11-16)22(29)27-13-21(28)26-12-15-4-3-6-18(10-15)30-14-17-5-1-2-9-25-17/h1-11H,12-14H2,(H,26,28)(H,27,29). The Morgan fingerprint density at radius 1 is 0.967 bits per heavy atom. The molecular formula is C22H19Cl2N3O3. The van der Waals surface area contributed by atoms with Crippen molar-refractivity contribution in [3.63, 3.8) is 0 Å². The third kappa shape index (κ3) is 6.47. The molecule has 2 amide bonds. The van der Waals surface area contributed by atoms with Gasteiger partial charge in [-0.2, -0.15) is 0 Å². The molecule has 0 fully saturated rings. The number of rotatable bonds is 8. The Morgan fingerprint density at radius 2 is 1.83 bits per heavy atom. The molecule has 3 rings (SSSR count). The molecule has 2 aromatic carbocycles. The van der Waals surface area contributed by atoms with E-state index in [2.05, 4.69) is 15.6 Å². The number of benzene rings is 2. The number of ether oxygens (including phenoxy) is 1. The van der Waals surface area contributed by atoms with Crippen molar-refractivity contribution in [2.45, 2.75) is 13.2 Å². The van der Waals surface area contributed by atoms with Gasteiger partial charge >= 0.3 is 0 Å². The molecule has 0 spiro atoms. The van der Waals surface area contributed by atoms with Crippen molar-refractivity contribution in [1.82, 2.24) is 15.6 Å². The lowest BCUT2D eigenvalue weighted by Gasteiger charge is -2.10. The SMILES string of the molecule is O=C(CNC(=O)c1ccc(Cl)cc1Cl)NCc1cccc(OCc2ccccn2)c1. The van der Waals surface area contributed by atoms with Gasteiger partial charge in [-0.05, 0) is 48.0 Å². The lowest BCUT2D eigenvalue weighted by molar-refractivity contribution is -0.120. The number of carbonyl (C=O) groups excluding carboxylic acids is 2. The third-order valence-corrected chi connectivity index (χ3v) is 4.63. The van der Waals surface area contributed by atoms with E-state index in [1.165, 1.54) is 12.1 Å². The second kappa shape index (κ2) is 10.6. The predicted molar refractivity (Wildman–Crippen MR) is 116 cm³/mol. The molecular weight excluding hydrogens is 425 g/mol. The van der Waals surface area contributed by atoms with Gasteiger partial charge in [0, 0.05) is 17.8 Å². The van der Waals surface area contributed by atoms with Gasteiger partial charge in [0.2, 0.25) is 5.91 Å². The molecule has 2 N–H and O–H groups in total. The number of nitrogens with one attached hydrogen (secondary N) is 2. The van der Waals surface area contributed by atoms with E-state index in [-0.39, 0.29) is 23.0 Å². The highest BCUT2D eigenvalue weighted by molar-refractivity contribution is 6.36. The molecule has 1 aromatic heterocycles. The summed E-state index contributed by atoms with van der Waals surface area (Å²) in [5, 5.41) is 5.95. The molecule has 8 heteroatoms. The molecule has 0 aliphatic carbocycles. The quantitative estimate of drug-likeness (QED) is 0.550. The summed E-state index contributed by atoms with van der Waals surface area (Å²) < 4.78 is 5.73. The van der Waals surface area contributed by atoms with Crippen molar-refractivity contribution in [3.8, 4) is 5.75 Å². The monoisotopic (exact) mass is 443 g/mol. The fraction of sp³-hybridized carbons (Fsp3) is 0.136. The topological polar surface area (TPSA) is 80.3 Å². The first kappa shape index (κ1) is 21.6. The molecule has 154 valence electrons. The second-order valence-electron chi connectivity index (χ2n) is 6.34. The van der Waals surface area contributed by atoms with Crippen LogP contribution in [0, 0.1) is 0 Å². The van der Waals surface area contributed by atoms with Gasteiger partial charge < -0.3 is 15.4 Å². The minimum absolute atomic E-state index is 0.173. The lowest BCUT2D eigenvalue weighted by Crippen LogP contribution is -2.36. The maximum atomic E-state index is 12.1. The Morgan fingerprint density at radius 3 is 2.60 bits per heavy atom. The number of aromatic nitrogens is 1. The number of hydrogen-bond acceptors (Lipinski definition) is 4. The minimum atomic E-state index is -0.447. The van der Waals surface area contributed by atoms with Gasteiger partial charge in [0.25, 0.3) is 5.91 Å². The van der Waals surface area contributed by atoms with Gasteiger partial charge in [-0.15, -0.1) is 0 Å². The third-order valence-electron chi connectivity index (χ3n) is 4.09. The molecule has 0 unspecified atom stereocenters. The summed E-state index contributed by atoms with van der Waals surface area (Å²) >= 11 is 11.8. The minimum Gasteiger partial charge on any atom is -0.487 e. The van der Waals surface area contributed by atoms with Crippen LogP contribution in [0.25, 0.3) is 0 Å². The van der Waals surface area contributed by atoms with Crippen molar-refractivity contribution in [2.24, 2.45) is 0 Å². The van der Waals surface area contributed by atoms with Crippen LogP contribution in [0.2, 0.25) is 10.0 Å². The van der Waals surface area contributed by atoms with Crippen molar-refractivity contribution in [3.05, 3.63) is 93.7 Å². The van der Waals surface area contributed by atoms with Crippen LogP contribution >= 0.6 is 23.2 Å². The maximum absolute atomic E-state index is 12.1. The van der Waals surface area contributed by atoms with Crippen molar-refractivity contribution in [2.75, 3.05) is 6.54 Å². The van der Waals surface area contributed by atoms with E-state index in [9.17, 15) is 9.59 Å². The van der Waals surface area contributed by atoms with Crippen LogP contribution in [0.5, 0.6) is 5.75 Å². The molecule has 0 aliphatic heterocycles. The summed E-state index contributed by atoms with van der Waals surface area (Å²) in [6, 6.07) is 17.6. The lowest BCUT2D eigenvalue weighted by atomic mass is 10.2. The first-order chi connectivity index (χ1) is 14.5. The summed E-state index contributed by atoms with van der Waals surface area (Å²) in [4.78, 5) is 28.4. The largest absolute Gasteiger partial charge is 0.487 e. The van der Waals surface area contributed by atoms with Crippen LogP contribution in [0.4, 0.5) is 0 Å². The van der Waals surface area contributed by atoms with E-state index in [1.807, 2.05) is 42.5 Å². The second-order valence-corrected chi connectivity index (χ2v) is 7.18. The molecule has 0 bridgehead atoms. The van der Waals surface area contributed by atoms with E-state index in [0.29, 0.717) is 23.9 Å². The van der Waals surface area contributed by atoms with Crippen molar-refractivity contribution >= 4 is 35.0 Å². The van der Waals surface area contributed by atoms with E-state index in [4.69, 9.17) is 27.9 Å². The highest BCUT2D eigenvalue weighted by Gasteiger charge is 2.12. The first-order valence-corrected chi connectivity index (χ1v) is 9.88. The number of carbonyl (C=O) groups is 2. The number of amides is 2.